The molecule has 30 heavy (non-hydrogen) atoms. The molecule has 0 radical (unpaired) electrons. The fraction of sp³-hybridized carbons (Fsp3) is 0.348. The van der Waals surface area contributed by atoms with Crippen molar-refractivity contribution in [2.75, 3.05) is 19.0 Å². The number of hydrogen-bond acceptors (Lipinski definition) is 4. The van der Waals surface area contributed by atoms with Gasteiger partial charge in [0.2, 0.25) is 0 Å². The summed E-state index contributed by atoms with van der Waals surface area (Å²) in [7, 11) is 1.65. The maximum atomic E-state index is 12.5. The van der Waals surface area contributed by atoms with Crippen LogP contribution in [0, 0.1) is 12.8 Å². The first kappa shape index (κ1) is 22.9. The van der Waals surface area contributed by atoms with E-state index >= 15 is 0 Å². The third-order valence-corrected chi connectivity index (χ3v) is 4.54. The number of ether oxygens (including phenoxy) is 1. The van der Waals surface area contributed by atoms with Crippen LogP contribution in [0.15, 0.2) is 54.6 Å². The van der Waals surface area contributed by atoms with E-state index in [0.29, 0.717) is 12.2 Å². The van der Waals surface area contributed by atoms with Crippen LogP contribution in [-0.2, 0) is 20.9 Å². The molecule has 2 rings (SSSR count). The zero-order valence-corrected chi connectivity index (χ0v) is 17.8. The Labute approximate surface area is 177 Å². The van der Waals surface area contributed by atoms with E-state index < -0.39 is 18.0 Å². The second-order valence-corrected chi connectivity index (χ2v) is 7.53. The first-order valence-electron chi connectivity index (χ1n) is 9.85. The number of urea groups is 1. The molecule has 0 saturated heterocycles. The van der Waals surface area contributed by atoms with E-state index in [-0.39, 0.29) is 18.4 Å². The molecule has 0 fully saturated rings. The number of carbonyl (C=O) groups is 3. The number of amides is 3. The molecule has 0 aromatic heterocycles. The fourth-order valence-electron chi connectivity index (χ4n) is 2.72. The van der Waals surface area contributed by atoms with Gasteiger partial charge in [-0.3, -0.25) is 4.79 Å². The zero-order chi connectivity index (χ0) is 22.1. The maximum absolute atomic E-state index is 12.5. The van der Waals surface area contributed by atoms with E-state index in [2.05, 4.69) is 10.6 Å². The van der Waals surface area contributed by atoms with Gasteiger partial charge in [0.25, 0.3) is 5.91 Å². The zero-order valence-electron chi connectivity index (χ0n) is 17.8. The Morgan fingerprint density at radius 2 is 1.63 bits per heavy atom. The van der Waals surface area contributed by atoms with Crippen molar-refractivity contribution in [2.24, 2.45) is 5.92 Å². The number of rotatable bonds is 8. The van der Waals surface area contributed by atoms with Gasteiger partial charge in [0, 0.05) is 19.3 Å². The van der Waals surface area contributed by atoms with Crippen LogP contribution in [-0.4, -0.2) is 42.5 Å². The van der Waals surface area contributed by atoms with Crippen molar-refractivity contribution < 1.29 is 19.1 Å². The van der Waals surface area contributed by atoms with Gasteiger partial charge < -0.3 is 20.3 Å². The minimum Gasteiger partial charge on any atom is -0.454 e. The molecular formula is C23H29N3O4. The first-order valence-corrected chi connectivity index (χ1v) is 9.85. The lowest BCUT2D eigenvalue weighted by atomic mass is 10.1. The second kappa shape index (κ2) is 11.0. The lowest BCUT2D eigenvalue weighted by Gasteiger charge is -2.22. The summed E-state index contributed by atoms with van der Waals surface area (Å²) in [5.74, 6) is -1.18. The molecule has 0 aliphatic rings. The third-order valence-electron chi connectivity index (χ3n) is 4.54. The summed E-state index contributed by atoms with van der Waals surface area (Å²) in [6.45, 7) is 5.62. The van der Waals surface area contributed by atoms with Crippen LogP contribution in [0.2, 0.25) is 0 Å². The molecule has 0 spiro atoms. The Morgan fingerprint density at radius 3 is 2.23 bits per heavy atom. The van der Waals surface area contributed by atoms with Crippen LogP contribution >= 0.6 is 0 Å². The Morgan fingerprint density at radius 1 is 1.00 bits per heavy atom. The summed E-state index contributed by atoms with van der Waals surface area (Å²) in [5.41, 5.74) is 2.74. The summed E-state index contributed by atoms with van der Waals surface area (Å²) < 4.78 is 5.18. The van der Waals surface area contributed by atoms with Crippen LogP contribution in [0.1, 0.15) is 25.0 Å². The van der Waals surface area contributed by atoms with Crippen molar-refractivity contribution in [3.63, 3.8) is 0 Å². The number of benzene rings is 2. The lowest BCUT2D eigenvalue weighted by molar-refractivity contribution is -0.154. The molecule has 1 atom stereocenters. The van der Waals surface area contributed by atoms with Crippen molar-refractivity contribution in [3.05, 3.63) is 65.7 Å². The Kier molecular flexibility index (Phi) is 8.41. The molecule has 3 amide bonds. The Balaban J connectivity index is 1.85. The number of nitrogens with zero attached hydrogens (tertiary/aromatic N) is 1. The van der Waals surface area contributed by atoms with Crippen molar-refractivity contribution in [3.8, 4) is 0 Å². The van der Waals surface area contributed by atoms with Crippen molar-refractivity contribution in [1.82, 2.24) is 10.2 Å². The van der Waals surface area contributed by atoms with Gasteiger partial charge in [0.05, 0.1) is 0 Å². The monoisotopic (exact) mass is 411 g/mol. The second-order valence-electron chi connectivity index (χ2n) is 7.53. The fourth-order valence-corrected chi connectivity index (χ4v) is 2.72. The number of anilines is 1. The topological polar surface area (TPSA) is 87.7 Å². The van der Waals surface area contributed by atoms with Gasteiger partial charge in [0.1, 0.15) is 6.04 Å². The maximum Gasteiger partial charge on any atom is 0.329 e. The molecule has 0 unspecified atom stereocenters. The predicted molar refractivity (Wildman–Crippen MR) is 116 cm³/mol. The number of para-hydroxylation sites is 1. The van der Waals surface area contributed by atoms with Gasteiger partial charge >= 0.3 is 12.0 Å². The normalized spacial score (nSPS) is 11.5. The van der Waals surface area contributed by atoms with Gasteiger partial charge in [-0.15, -0.1) is 0 Å². The van der Waals surface area contributed by atoms with Gasteiger partial charge in [-0.2, -0.15) is 0 Å². The largest absolute Gasteiger partial charge is 0.454 e. The predicted octanol–water partition coefficient (Wildman–Crippen LogP) is 3.34. The average Bonchev–Trinajstić information content (AvgIpc) is 2.72. The number of hydrogen-bond donors (Lipinski definition) is 2. The summed E-state index contributed by atoms with van der Waals surface area (Å²) >= 11 is 0. The Hall–Kier alpha value is -3.35. The van der Waals surface area contributed by atoms with Gasteiger partial charge in [-0.05, 0) is 30.5 Å². The molecule has 160 valence electrons. The van der Waals surface area contributed by atoms with E-state index in [0.717, 1.165) is 11.1 Å². The molecule has 0 saturated carbocycles. The molecule has 0 aliphatic carbocycles. The SMILES string of the molecule is Cc1ccc(CN(C)C(=O)COC(=O)[C@H](NC(=O)Nc2ccccc2)C(C)C)cc1. The van der Waals surface area contributed by atoms with Crippen molar-refractivity contribution in [2.45, 2.75) is 33.4 Å². The molecule has 0 heterocycles. The molecule has 0 bridgehead atoms. The number of carbonyl (C=O) groups excluding carboxylic acids is 3. The quantitative estimate of drug-likeness (QED) is 0.652. The molecule has 0 aliphatic heterocycles. The van der Waals surface area contributed by atoms with Crippen LogP contribution < -0.4 is 10.6 Å². The van der Waals surface area contributed by atoms with E-state index in [1.54, 1.807) is 45.2 Å². The highest BCUT2D eigenvalue weighted by molar-refractivity contribution is 5.93. The van der Waals surface area contributed by atoms with Gasteiger partial charge in [-0.25, -0.2) is 9.59 Å². The number of nitrogens with one attached hydrogen (secondary N) is 2. The van der Waals surface area contributed by atoms with Crippen LogP contribution in [0.4, 0.5) is 10.5 Å². The number of likely N-dealkylation sites (N-methyl/N-ethyl adjacent to an activating group) is 1. The summed E-state index contributed by atoms with van der Waals surface area (Å²) in [6.07, 6.45) is 0. The number of aryl methyl sites for hydroxylation is 1. The number of esters is 1. The highest BCUT2D eigenvalue weighted by Crippen LogP contribution is 2.09. The van der Waals surface area contributed by atoms with Gasteiger partial charge in [-0.1, -0.05) is 61.9 Å². The summed E-state index contributed by atoms with van der Waals surface area (Å²) in [6, 6.07) is 15.4. The average molecular weight is 412 g/mol. The van der Waals surface area contributed by atoms with Crippen molar-refractivity contribution >= 4 is 23.6 Å². The van der Waals surface area contributed by atoms with E-state index in [4.69, 9.17) is 4.74 Å². The van der Waals surface area contributed by atoms with Crippen molar-refractivity contribution in [1.29, 1.82) is 0 Å². The minimum absolute atomic E-state index is 0.209. The van der Waals surface area contributed by atoms with Crippen LogP contribution in [0.25, 0.3) is 0 Å². The summed E-state index contributed by atoms with van der Waals surface area (Å²) in [5, 5.41) is 5.28. The van der Waals surface area contributed by atoms with Gasteiger partial charge in [0.15, 0.2) is 6.61 Å². The molecule has 7 nitrogen and oxygen atoms in total. The van der Waals surface area contributed by atoms with E-state index in [1.807, 2.05) is 37.3 Å². The summed E-state index contributed by atoms with van der Waals surface area (Å²) in [4.78, 5) is 38.5. The Bertz CT molecular complexity index is 851. The van der Waals surface area contributed by atoms with E-state index in [9.17, 15) is 14.4 Å². The molecule has 2 N–H and O–H groups in total. The first-order chi connectivity index (χ1) is 14.3. The molecule has 7 heteroatoms. The third kappa shape index (κ3) is 7.24. The highest BCUT2D eigenvalue weighted by Gasteiger charge is 2.26. The van der Waals surface area contributed by atoms with Crippen LogP contribution in [0.3, 0.4) is 0 Å². The lowest BCUT2D eigenvalue weighted by Crippen LogP contribution is -2.47. The van der Waals surface area contributed by atoms with Crippen LogP contribution in [0.5, 0.6) is 0 Å². The molecule has 2 aromatic rings. The van der Waals surface area contributed by atoms with E-state index in [1.165, 1.54) is 4.90 Å². The smallest absolute Gasteiger partial charge is 0.329 e. The standard InChI is InChI=1S/C23H29N3O4/c1-16(2)21(25-23(29)24-19-8-6-5-7-9-19)22(28)30-15-20(27)26(4)14-18-12-10-17(3)11-13-18/h5-13,16,21H,14-15H2,1-4H3,(H2,24,25,29)/t21-/m1/s1. The highest BCUT2D eigenvalue weighted by atomic mass is 16.5. The molecule has 2 aromatic carbocycles. The molecular weight excluding hydrogens is 382 g/mol. The minimum atomic E-state index is -0.871.